The molecular weight excluding hydrogens is 300 g/mol. The van der Waals surface area contributed by atoms with E-state index in [2.05, 4.69) is 20.8 Å². The third kappa shape index (κ3) is 5.37. The number of aliphatic hydroxyl groups is 5. The Balaban J connectivity index is 2.71. The average Bonchev–Trinajstić information content (AvgIpc) is 2.51. The minimum absolute atomic E-state index is 0.0111. The van der Waals surface area contributed by atoms with Crippen molar-refractivity contribution in [1.82, 2.24) is 0 Å². The molecule has 0 fully saturated rings. The SMILES string of the molecule is CC(C)(C)c1ccc(CC(=O)[C@H](O)[C@@H](O)[C@H](O)[C@H](O)CO)cc1. The summed E-state index contributed by atoms with van der Waals surface area (Å²) in [5.41, 5.74) is 1.77. The van der Waals surface area contributed by atoms with Gasteiger partial charge in [0.2, 0.25) is 0 Å². The zero-order valence-corrected chi connectivity index (χ0v) is 13.7. The Morgan fingerprint density at radius 3 is 1.96 bits per heavy atom. The summed E-state index contributed by atoms with van der Waals surface area (Å²) in [6.07, 6.45) is -7.24. The number of hydrogen-bond acceptors (Lipinski definition) is 6. The molecule has 0 saturated heterocycles. The zero-order chi connectivity index (χ0) is 17.8. The molecule has 5 N–H and O–H groups in total. The maximum atomic E-state index is 12.0. The van der Waals surface area contributed by atoms with E-state index < -0.39 is 36.8 Å². The molecule has 0 aliphatic rings. The molecule has 0 aliphatic heterocycles. The summed E-state index contributed by atoms with van der Waals surface area (Å²) >= 11 is 0. The van der Waals surface area contributed by atoms with Crippen LogP contribution in [0.25, 0.3) is 0 Å². The van der Waals surface area contributed by atoms with Crippen LogP contribution in [0.15, 0.2) is 24.3 Å². The van der Waals surface area contributed by atoms with Crippen LogP contribution >= 0.6 is 0 Å². The van der Waals surface area contributed by atoms with Gasteiger partial charge in [0.25, 0.3) is 0 Å². The number of carbonyl (C=O) groups is 1. The van der Waals surface area contributed by atoms with Crippen molar-refractivity contribution in [3.8, 4) is 0 Å². The molecule has 6 nitrogen and oxygen atoms in total. The van der Waals surface area contributed by atoms with Gasteiger partial charge < -0.3 is 25.5 Å². The maximum Gasteiger partial charge on any atom is 0.168 e. The van der Waals surface area contributed by atoms with E-state index in [1.54, 1.807) is 12.1 Å². The first-order valence-corrected chi connectivity index (χ1v) is 7.53. The van der Waals surface area contributed by atoms with E-state index in [0.29, 0.717) is 5.56 Å². The van der Waals surface area contributed by atoms with E-state index in [1.807, 2.05) is 12.1 Å². The van der Waals surface area contributed by atoms with E-state index in [0.717, 1.165) is 5.56 Å². The van der Waals surface area contributed by atoms with Crippen molar-refractivity contribution in [1.29, 1.82) is 0 Å². The molecule has 0 unspecified atom stereocenters. The first-order chi connectivity index (χ1) is 10.6. The summed E-state index contributed by atoms with van der Waals surface area (Å²) in [7, 11) is 0. The van der Waals surface area contributed by atoms with Crippen LogP contribution in [0.5, 0.6) is 0 Å². The molecule has 6 heteroatoms. The quantitative estimate of drug-likeness (QED) is 0.462. The van der Waals surface area contributed by atoms with Crippen molar-refractivity contribution >= 4 is 5.78 Å². The van der Waals surface area contributed by atoms with Crippen molar-refractivity contribution in [2.45, 2.75) is 57.0 Å². The van der Waals surface area contributed by atoms with Crippen LogP contribution in [0.3, 0.4) is 0 Å². The summed E-state index contributed by atoms with van der Waals surface area (Å²) < 4.78 is 0. The molecule has 0 aliphatic carbocycles. The highest BCUT2D eigenvalue weighted by Gasteiger charge is 2.33. The fourth-order valence-electron chi connectivity index (χ4n) is 2.14. The Hall–Kier alpha value is -1.31. The predicted octanol–water partition coefficient (Wildman–Crippen LogP) is -0.468. The lowest BCUT2D eigenvalue weighted by atomic mass is 9.86. The van der Waals surface area contributed by atoms with Crippen LogP contribution in [0, 0.1) is 0 Å². The lowest BCUT2D eigenvalue weighted by molar-refractivity contribution is -0.146. The number of rotatable bonds is 7. The minimum atomic E-state index is -1.86. The van der Waals surface area contributed by atoms with Gasteiger partial charge in [-0.2, -0.15) is 0 Å². The lowest BCUT2D eigenvalue weighted by Gasteiger charge is -2.25. The van der Waals surface area contributed by atoms with Gasteiger partial charge in [0.05, 0.1) is 6.61 Å². The molecule has 0 spiro atoms. The lowest BCUT2D eigenvalue weighted by Crippen LogP contribution is -2.49. The Morgan fingerprint density at radius 1 is 1.00 bits per heavy atom. The van der Waals surface area contributed by atoms with E-state index in [9.17, 15) is 25.2 Å². The smallest absolute Gasteiger partial charge is 0.168 e. The molecule has 0 amide bonds. The standard InChI is InChI=1S/C17H26O6/c1-17(2,3)11-6-4-10(5-7-11)8-12(19)14(21)16(23)15(22)13(20)9-18/h4-7,13-16,18,20-23H,8-9H2,1-3H3/t13-,14+,15-,16-/m1/s1. The number of ketones is 1. The summed E-state index contributed by atoms with van der Waals surface area (Å²) in [5.74, 6) is -0.676. The molecule has 0 bridgehead atoms. The highest BCUT2D eigenvalue weighted by molar-refractivity contribution is 5.85. The van der Waals surface area contributed by atoms with E-state index in [4.69, 9.17) is 5.11 Å². The molecule has 130 valence electrons. The molecule has 0 heterocycles. The third-order valence-corrected chi connectivity index (χ3v) is 3.78. The van der Waals surface area contributed by atoms with Crippen molar-refractivity contribution in [3.05, 3.63) is 35.4 Å². The van der Waals surface area contributed by atoms with Crippen molar-refractivity contribution in [2.75, 3.05) is 6.61 Å². The topological polar surface area (TPSA) is 118 Å². The Labute approximate surface area is 136 Å². The van der Waals surface area contributed by atoms with Crippen molar-refractivity contribution in [2.24, 2.45) is 0 Å². The van der Waals surface area contributed by atoms with Crippen LogP contribution in [0.1, 0.15) is 31.9 Å². The molecular formula is C17H26O6. The summed E-state index contributed by atoms with van der Waals surface area (Å²) in [6, 6.07) is 7.35. The second-order valence-corrected chi connectivity index (χ2v) is 6.77. The van der Waals surface area contributed by atoms with E-state index in [-0.39, 0.29) is 11.8 Å². The second kappa shape index (κ2) is 7.99. The van der Waals surface area contributed by atoms with Gasteiger partial charge in [-0.3, -0.25) is 4.79 Å². The largest absolute Gasteiger partial charge is 0.394 e. The Bertz CT molecular complexity index is 505. The fourth-order valence-corrected chi connectivity index (χ4v) is 2.14. The van der Waals surface area contributed by atoms with Crippen LogP contribution < -0.4 is 0 Å². The van der Waals surface area contributed by atoms with Gasteiger partial charge in [-0.05, 0) is 16.5 Å². The molecule has 0 aromatic heterocycles. The molecule has 1 aromatic carbocycles. The zero-order valence-electron chi connectivity index (χ0n) is 13.7. The van der Waals surface area contributed by atoms with E-state index in [1.165, 1.54) is 0 Å². The van der Waals surface area contributed by atoms with Gasteiger partial charge in [0.15, 0.2) is 5.78 Å². The highest BCUT2D eigenvalue weighted by atomic mass is 16.4. The summed E-state index contributed by atoms with van der Waals surface area (Å²) in [4.78, 5) is 12.0. The number of Topliss-reactive ketones (excluding diaryl/α,β-unsaturated/α-hetero) is 1. The number of hydrogen-bond donors (Lipinski definition) is 5. The Kier molecular flexibility index (Phi) is 6.85. The van der Waals surface area contributed by atoms with Crippen molar-refractivity contribution < 1.29 is 30.3 Å². The summed E-state index contributed by atoms with van der Waals surface area (Å²) in [6.45, 7) is 5.43. The van der Waals surface area contributed by atoms with Crippen LogP contribution in [0.4, 0.5) is 0 Å². The predicted molar refractivity (Wildman–Crippen MR) is 85.0 cm³/mol. The summed E-state index contributed by atoms with van der Waals surface area (Å²) in [5, 5.41) is 47.0. The first kappa shape index (κ1) is 19.7. The highest BCUT2D eigenvalue weighted by Crippen LogP contribution is 2.22. The molecule has 0 saturated carbocycles. The first-order valence-electron chi connectivity index (χ1n) is 7.53. The molecule has 1 aromatic rings. The molecule has 0 radical (unpaired) electrons. The monoisotopic (exact) mass is 326 g/mol. The molecule has 23 heavy (non-hydrogen) atoms. The third-order valence-electron chi connectivity index (χ3n) is 3.78. The number of benzene rings is 1. The fraction of sp³-hybridized carbons (Fsp3) is 0.588. The van der Waals surface area contributed by atoms with Crippen LogP contribution in [-0.2, 0) is 16.6 Å². The minimum Gasteiger partial charge on any atom is -0.394 e. The van der Waals surface area contributed by atoms with E-state index >= 15 is 0 Å². The van der Waals surface area contributed by atoms with Crippen molar-refractivity contribution in [3.63, 3.8) is 0 Å². The van der Waals surface area contributed by atoms with Gasteiger partial charge in [0, 0.05) is 6.42 Å². The van der Waals surface area contributed by atoms with Gasteiger partial charge in [0.1, 0.15) is 24.4 Å². The average molecular weight is 326 g/mol. The van der Waals surface area contributed by atoms with Gasteiger partial charge >= 0.3 is 0 Å². The van der Waals surface area contributed by atoms with Gasteiger partial charge in [-0.1, -0.05) is 45.0 Å². The Morgan fingerprint density at radius 2 is 1.52 bits per heavy atom. The second-order valence-electron chi connectivity index (χ2n) is 6.77. The van der Waals surface area contributed by atoms with Crippen LogP contribution in [0.2, 0.25) is 0 Å². The number of carbonyl (C=O) groups excluding carboxylic acids is 1. The maximum absolute atomic E-state index is 12.0. The number of aliphatic hydroxyl groups excluding tert-OH is 5. The molecule has 4 atom stereocenters. The molecule has 1 rings (SSSR count). The van der Waals surface area contributed by atoms with Gasteiger partial charge in [-0.15, -0.1) is 0 Å². The normalized spacial score (nSPS) is 17.4. The van der Waals surface area contributed by atoms with Gasteiger partial charge in [-0.25, -0.2) is 0 Å². The van der Waals surface area contributed by atoms with Crippen LogP contribution in [-0.4, -0.2) is 62.3 Å².